The van der Waals surface area contributed by atoms with Crippen LogP contribution in [0.1, 0.15) is 27.7 Å². The normalized spacial score (nSPS) is 10.8. The molecule has 0 bridgehead atoms. The van der Waals surface area contributed by atoms with Gasteiger partial charge in [0.15, 0.2) is 0 Å². The van der Waals surface area contributed by atoms with Crippen LogP contribution in [0.5, 0.6) is 0 Å². The quantitative estimate of drug-likeness (QED) is 0.435. The standard InChI is InChI=1S/C8H14O2/c1-6(2)8(4,5)10-7(3)9/h1H2,2-5H3. The monoisotopic (exact) mass is 142 g/mol. The number of hydrogen-bond donors (Lipinski definition) is 0. The van der Waals surface area contributed by atoms with Crippen LogP contribution >= 0.6 is 0 Å². The molecule has 0 aliphatic heterocycles. The van der Waals surface area contributed by atoms with Crippen LogP contribution in [0.2, 0.25) is 0 Å². The van der Waals surface area contributed by atoms with Crippen LogP contribution in [0.3, 0.4) is 0 Å². The van der Waals surface area contributed by atoms with Crippen LogP contribution in [-0.4, -0.2) is 11.6 Å². The van der Waals surface area contributed by atoms with E-state index in [4.69, 9.17) is 4.74 Å². The third-order valence-corrected chi connectivity index (χ3v) is 1.43. The Bertz CT molecular complexity index is 157. The van der Waals surface area contributed by atoms with Crippen LogP contribution in [0.15, 0.2) is 12.2 Å². The minimum atomic E-state index is -0.522. The highest BCUT2D eigenvalue weighted by atomic mass is 16.6. The summed E-state index contributed by atoms with van der Waals surface area (Å²) in [4.78, 5) is 10.5. The number of esters is 1. The van der Waals surface area contributed by atoms with E-state index in [-0.39, 0.29) is 5.97 Å². The Kier molecular flexibility index (Phi) is 2.64. The van der Waals surface area contributed by atoms with Gasteiger partial charge in [0.1, 0.15) is 5.60 Å². The summed E-state index contributed by atoms with van der Waals surface area (Å²) in [7, 11) is 0. The molecule has 0 aromatic heterocycles. The van der Waals surface area contributed by atoms with Gasteiger partial charge in [-0.25, -0.2) is 0 Å². The number of rotatable bonds is 2. The van der Waals surface area contributed by atoms with E-state index in [0.29, 0.717) is 0 Å². The van der Waals surface area contributed by atoms with Gasteiger partial charge in [-0.05, 0) is 26.3 Å². The highest BCUT2D eigenvalue weighted by molar-refractivity contribution is 5.66. The van der Waals surface area contributed by atoms with Gasteiger partial charge in [-0.1, -0.05) is 6.58 Å². The second-order valence-electron chi connectivity index (χ2n) is 2.88. The van der Waals surface area contributed by atoms with Gasteiger partial charge in [0.2, 0.25) is 0 Å². The molecule has 0 aliphatic rings. The average Bonchev–Trinajstić information content (AvgIpc) is 1.60. The molecule has 58 valence electrons. The first kappa shape index (κ1) is 9.21. The topological polar surface area (TPSA) is 26.3 Å². The molecule has 0 aliphatic carbocycles. The minimum Gasteiger partial charge on any atom is -0.455 e. The van der Waals surface area contributed by atoms with Crippen LogP contribution in [0, 0.1) is 0 Å². The van der Waals surface area contributed by atoms with Crippen molar-refractivity contribution in [1.29, 1.82) is 0 Å². The SMILES string of the molecule is C=C(C)C(C)(C)OC(C)=O. The fraction of sp³-hybridized carbons (Fsp3) is 0.625. The van der Waals surface area contributed by atoms with Crippen molar-refractivity contribution >= 4 is 5.97 Å². The number of carbonyl (C=O) groups is 1. The van der Waals surface area contributed by atoms with Crippen molar-refractivity contribution in [3.63, 3.8) is 0 Å². The highest BCUT2D eigenvalue weighted by Crippen LogP contribution is 2.17. The number of carbonyl (C=O) groups excluding carboxylic acids is 1. The Labute approximate surface area is 61.9 Å². The lowest BCUT2D eigenvalue weighted by Crippen LogP contribution is -2.27. The molecule has 0 N–H and O–H groups in total. The van der Waals surface area contributed by atoms with Crippen molar-refractivity contribution in [2.24, 2.45) is 0 Å². The first-order chi connectivity index (χ1) is 4.36. The Hall–Kier alpha value is -0.790. The Morgan fingerprint density at radius 3 is 1.90 bits per heavy atom. The lowest BCUT2D eigenvalue weighted by molar-refractivity contribution is -0.150. The van der Waals surface area contributed by atoms with Gasteiger partial charge in [-0.2, -0.15) is 0 Å². The fourth-order valence-corrected chi connectivity index (χ4v) is 0.446. The lowest BCUT2D eigenvalue weighted by atomic mass is 10.0. The Balaban J connectivity index is 4.13. The summed E-state index contributed by atoms with van der Waals surface area (Å²) in [5, 5.41) is 0. The summed E-state index contributed by atoms with van der Waals surface area (Å²) < 4.78 is 4.96. The predicted octanol–water partition coefficient (Wildman–Crippen LogP) is 1.90. The zero-order chi connectivity index (χ0) is 8.36. The van der Waals surface area contributed by atoms with E-state index in [0.717, 1.165) is 5.57 Å². The molecule has 0 fully saturated rings. The van der Waals surface area contributed by atoms with E-state index in [1.165, 1.54) is 6.92 Å². The van der Waals surface area contributed by atoms with E-state index in [1.807, 2.05) is 20.8 Å². The molecule has 0 radical (unpaired) electrons. The van der Waals surface area contributed by atoms with Crippen molar-refractivity contribution in [2.75, 3.05) is 0 Å². The van der Waals surface area contributed by atoms with Crippen LogP contribution in [0.25, 0.3) is 0 Å². The molecule has 0 atom stereocenters. The molecule has 10 heavy (non-hydrogen) atoms. The van der Waals surface area contributed by atoms with Crippen molar-refractivity contribution in [2.45, 2.75) is 33.3 Å². The van der Waals surface area contributed by atoms with Gasteiger partial charge in [-0.15, -0.1) is 0 Å². The van der Waals surface area contributed by atoms with E-state index in [1.54, 1.807) is 0 Å². The first-order valence-corrected chi connectivity index (χ1v) is 3.22. The van der Waals surface area contributed by atoms with Crippen LogP contribution < -0.4 is 0 Å². The largest absolute Gasteiger partial charge is 0.455 e. The molecule has 0 rings (SSSR count). The van der Waals surface area contributed by atoms with Gasteiger partial charge in [0.05, 0.1) is 0 Å². The molecule has 2 nitrogen and oxygen atoms in total. The van der Waals surface area contributed by atoms with Gasteiger partial charge >= 0.3 is 5.97 Å². The summed E-state index contributed by atoms with van der Waals surface area (Å²) in [6.07, 6.45) is 0. The maximum absolute atomic E-state index is 10.5. The molecule has 0 unspecified atom stereocenters. The number of ether oxygens (including phenoxy) is 1. The summed E-state index contributed by atoms with van der Waals surface area (Å²) in [5.74, 6) is -0.270. The molecule has 0 spiro atoms. The van der Waals surface area contributed by atoms with E-state index < -0.39 is 5.60 Å². The van der Waals surface area contributed by atoms with Gasteiger partial charge in [0.25, 0.3) is 0 Å². The van der Waals surface area contributed by atoms with E-state index in [9.17, 15) is 4.79 Å². The molecular weight excluding hydrogens is 128 g/mol. The van der Waals surface area contributed by atoms with Gasteiger partial charge < -0.3 is 4.74 Å². The third-order valence-electron chi connectivity index (χ3n) is 1.43. The van der Waals surface area contributed by atoms with Crippen molar-refractivity contribution in [3.8, 4) is 0 Å². The second kappa shape index (κ2) is 2.86. The zero-order valence-electron chi connectivity index (χ0n) is 7.02. The Morgan fingerprint density at radius 2 is 1.80 bits per heavy atom. The summed E-state index contributed by atoms with van der Waals surface area (Å²) in [5.41, 5.74) is 0.328. The molecule has 0 amide bonds. The minimum absolute atomic E-state index is 0.270. The highest BCUT2D eigenvalue weighted by Gasteiger charge is 2.21. The first-order valence-electron chi connectivity index (χ1n) is 3.22. The van der Waals surface area contributed by atoms with E-state index >= 15 is 0 Å². The zero-order valence-corrected chi connectivity index (χ0v) is 7.02. The van der Waals surface area contributed by atoms with Crippen molar-refractivity contribution in [1.82, 2.24) is 0 Å². The summed E-state index contributed by atoms with van der Waals surface area (Å²) in [6, 6.07) is 0. The smallest absolute Gasteiger partial charge is 0.303 e. The maximum Gasteiger partial charge on any atom is 0.303 e. The van der Waals surface area contributed by atoms with E-state index in [2.05, 4.69) is 6.58 Å². The number of hydrogen-bond acceptors (Lipinski definition) is 2. The average molecular weight is 142 g/mol. The lowest BCUT2D eigenvalue weighted by Gasteiger charge is -2.24. The van der Waals surface area contributed by atoms with Crippen molar-refractivity contribution in [3.05, 3.63) is 12.2 Å². The van der Waals surface area contributed by atoms with Crippen LogP contribution in [-0.2, 0) is 9.53 Å². The molecule has 0 saturated carbocycles. The predicted molar refractivity (Wildman–Crippen MR) is 40.7 cm³/mol. The molecule has 0 saturated heterocycles. The maximum atomic E-state index is 10.5. The molecule has 2 heteroatoms. The molecule has 0 aromatic rings. The summed E-state index contributed by atoms with van der Waals surface area (Å²) >= 11 is 0. The van der Waals surface area contributed by atoms with Gasteiger partial charge in [-0.3, -0.25) is 4.79 Å². The van der Waals surface area contributed by atoms with Crippen molar-refractivity contribution < 1.29 is 9.53 Å². The van der Waals surface area contributed by atoms with Gasteiger partial charge in [0, 0.05) is 6.92 Å². The Morgan fingerprint density at radius 1 is 1.40 bits per heavy atom. The fourth-order valence-electron chi connectivity index (χ4n) is 0.446. The third kappa shape index (κ3) is 2.67. The molecular formula is C8H14O2. The van der Waals surface area contributed by atoms with Crippen LogP contribution in [0.4, 0.5) is 0 Å². The summed E-state index contributed by atoms with van der Waals surface area (Å²) in [6.45, 7) is 10.6. The molecule has 0 aromatic carbocycles. The second-order valence-corrected chi connectivity index (χ2v) is 2.88. The molecule has 0 heterocycles.